The van der Waals surface area contributed by atoms with Gasteiger partial charge < -0.3 is 10.1 Å². The lowest BCUT2D eigenvalue weighted by atomic mass is 9.87. The second-order valence-corrected chi connectivity index (χ2v) is 6.96. The van der Waals surface area contributed by atoms with E-state index >= 15 is 0 Å². The van der Waals surface area contributed by atoms with Gasteiger partial charge in [-0.05, 0) is 30.0 Å². The minimum atomic E-state index is -0.0597. The first kappa shape index (κ1) is 18.0. The van der Waals surface area contributed by atoms with Crippen LogP contribution in [0, 0.1) is 0 Å². The lowest BCUT2D eigenvalue weighted by Gasteiger charge is -2.20. The third-order valence-electron chi connectivity index (χ3n) is 3.66. The maximum atomic E-state index is 11.9. The minimum Gasteiger partial charge on any atom is -0.491 e. The van der Waals surface area contributed by atoms with Crippen LogP contribution in [0.5, 0.6) is 5.75 Å². The van der Waals surface area contributed by atoms with E-state index in [0.29, 0.717) is 19.6 Å². The molecule has 0 aliphatic heterocycles. The molecule has 1 heterocycles. The van der Waals surface area contributed by atoms with Gasteiger partial charge in [0.2, 0.25) is 5.91 Å². The van der Waals surface area contributed by atoms with E-state index in [1.165, 1.54) is 11.9 Å². The second-order valence-electron chi connectivity index (χ2n) is 6.96. The number of ether oxygens (including phenoxy) is 1. The summed E-state index contributed by atoms with van der Waals surface area (Å²) in [5, 5.41) is 6.89. The molecule has 2 aromatic rings. The second kappa shape index (κ2) is 7.95. The third kappa shape index (κ3) is 5.68. The van der Waals surface area contributed by atoms with E-state index in [1.54, 1.807) is 11.0 Å². The van der Waals surface area contributed by atoms with Crippen LogP contribution >= 0.6 is 0 Å². The number of nitrogens with one attached hydrogen (secondary N) is 1. The van der Waals surface area contributed by atoms with Crippen molar-refractivity contribution in [2.24, 2.45) is 0 Å². The molecule has 24 heavy (non-hydrogen) atoms. The Morgan fingerprint density at radius 3 is 2.58 bits per heavy atom. The zero-order valence-electron chi connectivity index (χ0n) is 14.8. The van der Waals surface area contributed by atoms with Gasteiger partial charge in [0.1, 0.15) is 25.0 Å². The van der Waals surface area contributed by atoms with Gasteiger partial charge in [0.05, 0.1) is 12.6 Å². The van der Waals surface area contributed by atoms with Crippen LogP contribution < -0.4 is 10.1 Å². The lowest BCUT2D eigenvalue weighted by Crippen LogP contribution is -2.37. The highest BCUT2D eigenvalue weighted by Crippen LogP contribution is 2.24. The van der Waals surface area contributed by atoms with Crippen molar-refractivity contribution in [2.75, 3.05) is 6.61 Å². The molecule has 1 aromatic heterocycles. The standard InChI is InChI=1S/C18H26N4O2/c1-14(21-17(23)9-10-22-13-19-12-20-22)11-24-16-7-5-15(6-8-16)18(2,3)4/h5-8,12-14H,9-11H2,1-4H3,(H,21,23). The molecule has 0 saturated heterocycles. The van der Waals surface area contributed by atoms with Crippen molar-refractivity contribution in [3.05, 3.63) is 42.5 Å². The average Bonchev–Trinajstić information content (AvgIpc) is 3.04. The number of rotatable bonds is 7. The van der Waals surface area contributed by atoms with Gasteiger partial charge in [-0.2, -0.15) is 5.10 Å². The Labute approximate surface area is 143 Å². The molecule has 0 fully saturated rings. The van der Waals surface area contributed by atoms with Crippen LogP contribution in [0.2, 0.25) is 0 Å². The highest BCUT2D eigenvalue weighted by Gasteiger charge is 2.13. The van der Waals surface area contributed by atoms with Crippen molar-refractivity contribution in [1.82, 2.24) is 20.1 Å². The summed E-state index contributed by atoms with van der Waals surface area (Å²) in [7, 11) is 0. The van der Waals surface area contributed by atoms with E-state index in [-0.39, 0.29) is 17.4 Å². The summed E-state index contributed by atoms with van der Waals surface area (Å²) in [5.74, 6) is 0.788. The molecule has 1 unspecified atom stereocenters. The Hall–Kier alpha value is -2.37. The molecule has 1 amide bonds. The molecule has 0 aliphatic rings. The number of carbonyl (C=O) groups excluding carboxylic acids is 1. The van der Waals surface area contributed by atoms with Crippen molar-refractivity contribution in [1.29, 1.82) is 0 Å². The van der Waals surface area contributed by atoms with Crippen molar-refractivity contribution >= 4 is 5.91 Å². The monoisotopic (exact) mass is 330 g/mol. The maximum Gasteiger partial charge on any atom is 0.222 e. The molecule has 6 heteroatoms. The van der Waals surface area contributed by atoms with Crippen molar-refractivity contribution in [2.45, 2.75) is 52.1 Å². The van der Waals surface area contributed by atoms with Crippen LogP contribution in [0.15, 0.2) is 36.9 Å². The molecule has 1 atom stereocenters. The molecule has 130 valence electrons. The lowest BCUT2D eigenvalue weighted by molar-refractivity contribution is -0.122. The molecular weight excluding hydrogens is 304 g/mol. The normalized spacial score (nSPS) is 12.7. The molecule has 2 rings (SSSR count). The van der Waals surface area contributed by atoms with Gasteiger partial charge in [-0.3, -0.25) is 9.48 Å². The van der Waals surface area contributed by atoms with Crippen LogP contribution in [0.1, 0.15) is 39.7 Å². The van der Waals surface area contributed by atoms with Gasteiger partial charge in [-0.1, -0.05) is 32.9 Å². The number of aromatic nitrogens is 3. The van der Waals surface area contributed by atoms with Crippen LogP contribution in [-0.2, 0) is 16.8 Å². The number of aryl methyl sites for hydroxylation is 1. The van der Waals surface area contributed by atoms with E-state index in [4.69, 9.17) is 4.74 Å². The highest BCUT2D eigenvalue weighted by atomic mass is 16.5. The average molecular weight is 330 g/mol. The van der Waals surface area contributed by atoms with E-state index in [2.05, 4.69) is 48.3 Å². The number of hydrogen-bond acceptors (Lipinski definition) is 4. The number of carbonyl (C=O) groups is 1. The predicted molar refractivity (Wildman–Crippen MR) is 92.9 cm³/mol. The van der Waals surface area contributed by atoms with Gasteiger partial charge in [-0.25, -0.2) is 4.98 Å². The Balaban J connectivity index is 1.72. The molecule has 1 aromatic carbocycles. The third-order valence-corrected chi connectivity index (χ3v) is 3.66. The summed E-state index contributed by atoms with van der Waals surface area (Å²) < 4.78 is 7.38. The molecule has 0 radical (unpaired) electrons. The van der Waals surface area contributed by atoms with Crippen molar-refractivity contribution < 1.29 is 9.53 Å². The molecular formula is C18H26N4O2. The summed E-state index contributed by atoms with van der Waals surface area (Å²) in [4.78, 5) is 15.7. The van der Waals surface area contributed by atoms with E-state index in [1.807, 2.05) is 19.1 Å². The topological polar surface area (TPSA) is 69.0 Å². The fourth-order valence-electron chi connectivity index (χ4n) is 2.23. The Morgan fingerprint density at radius 2 is 2.00 bits per heavy atom. The smallest absolute Gasteiger partial charge is 0.222 e. The largest absolute Gasteiger partial charge is 0.491 e. The zero-order chi connectivity index (χ0) is 17.6. The molecule has 0 aliphatic carbocycles. The Bertz CT molecular complexity index is 630. The van der Waals surface area contributed by atoms with Crippen molar-refractivity contribution in [3.8, 4) is 5.75 Å². The number of nitrogens with zero attached hydrogens (tertiary/aromatic N) is 3. The predicted octanol–water partition coefficient (Wildman–Crippen LogP) is 2.55. The van der Waals surface area contributed by atoms with Crippen molar-refractivity contribution in [3.63, 3.8) is 0 Å². The van der Waals surface area contributed by atoms with E-state index in [0.717, 1.165) is 5.75 Å². The fraction of sp³-hybridized carbons (Fsp3) is 0.500. The van der Waals surface area contributed by atoms with E-state index < -0.39 is 0 Å². The first-order valence-electron chi connectivity index (χ1n) is 8.20. The quantitative estimate of drug-likeness (QED) is 0.847. The Kier molecular flexibility index (Phi) is 5.95. The van der Waals surface area contributed by atoms with Crippen LogP contribution in [-0.4, -0.2) is 33.3 Å². The minimum absolute atomic E-state index is 0.0234. The van der Waals surface area contributed by atoms with Gasteiger partial charge in [0, 0.05) is 6.42 Å². The van der Waals surface area contributed by atoms with Gasteiger partial charge in [-0.15, -0.1) is 0 Å². The van der Waals surface area contributed by atoms with E-state index in [9.17, 15) is 4.79 Å². The highest BCUT2D eigenvalue weighted by molar-refractivity contribution is 5.76. The first-order valence-corrected chi connectivity index (χ1v) is 8.20. The molecule has 0 spiro atoms. The summed E-state index contributed by atoms with van der Waals surface area (Å²) >= 11 is 0. The molecule has 0 saturated carbocycles. The van der Waals surface area contributed by atoms with Crippen LogP contribution in [0.3, 0.4) is 0 Å². The summed E-state index contributed by atoms with van der Waals surface area (Å²) in [6.45, 7) is 9.42. The molecule has 6 nitrogen and oxygen atoms in total. The zero-order valence-corrected chi connectivity index (χ0v) is 14.8. The Morgan fingerprint density at radius 1 is 1.29 bits per heavy atom. The molecule has 0 bridgehead atoms. The van der Waals surface area contributed by atoms with Crippen LogP contribution in [0.25, 0.3) is 0 Å². The van der Waals surface area contributed by atoms with Gasteiger partial charge in [0.25, 0.3) is 0 Å². The van der Waals surface area contributed by atoms with Gasteiger partial charge >= 0.3 is 0 Å². The number of hydrogen-bond donors (Lipinski definition) is 1. The number of amides is 1. The summed E-state index contributed by atoms with van der Waals surface area (Å²) in [6.07, 6.45) is 3.42. The number of benzene rings is 1. The first-order chi connectivity index (χ1) is 11.3. The summed E-state index contributed by atoms with van der Waals surface area (Å²) in [5.41, 5.74) is 1.40. The van der Waals surface area contributed by atoms with Crippen LogP contribution in [0.4, 0.5) is 0 Å². The summed E-state index contributed by atoms with van der Waals surface area (Å²) in [6, 6.07) is 8.04. The maximum absolute atomic E-state index is 11.9. The SMILES string of the molecule is CC(COc1ccc(C(C)(C)C)cc1)NC(=O)CCn1cncn1. The van der Waals surface area contributed by atoms with Gasteiger partial charge in [0.15, 0.2) is 0 Å². The fourth-order valence-corrected chi connectivity index (χ4v) is 2.23. The molecule has 1 N–H and O–H groups in total.